The molecule has 0 spiro atoms. The Kier molecular flexibility index (Phi) is 11.2. The highest BCUT2D eigenvalue weighted by molar-refractivity contribution is 6.41. The van der Waals surface area contributed by atoms with Crippen LogP contribution < -0.4 is 9.47 Å². The Morgan fingerprint density at radius 3 is 1.15 bits per heavy atom. The smallest absolute Gasteiger partial charge is 0.194 e. The molecule has 8 rings (SSSR count). The third-order valence-electron chi connectivity index (χ3n) is 9.08. The summed E-state index contributed by atoms with van der Waals surface area (Å²) in [6.45, 7) is 5.67. The first-order valence-corrected chi connectivity index (χ1v) is 17.3. The molecule has 0 heterocycles. The van der Waals surface area contributed by atoms with Crippen molar-refractivity contribution in [3.63, 3.8) is 0 Å². The van der Waals surface area contributed by atoms with Gasteiger partial charge in [-0.05, 0) is 59.7 Å². The van der Waals surface area contributed by atoms with Crippen LogP contribution in [-0.4, -0.2) is 50.6 Å². The Morgan fingerprint density at radius 1 is 0.434 bits per heavy atom. The number of hydrogen-bond acceptors (Lipinski definition) is 7. The molecule has 2 aliphatic rings. The van der Waals surface area contributed by atoms with E-state index in [-0.39, 0.29) is 23.1 Å². The van der Waals surface area contributed by atoms with E-state index in [2.05, 4.69) is 0 Å². The van der Waals surface area contributed by atoms with E-state index in [1.165, 1.54) is 12.2 Å². The number of benzene rings is 6. The fraction of sp³-hybridized carbons (Fsp3) is 0.130. The number of Topliss-reactive ketones (excluding diaryl/α,β-unsaturated/α-hetero) is 2. The first-order valence-electron chi connectivity index (χ1n) is 17.3. The van der Waals surface area contributed by atoms with E-state index in [0.29, 0.717) is 56.0 Å². The van der Waals surface area contributed by atoms with Gasteiger partial charge in [0.2, 0.25) is 0 Å². The fourth-order valence-corrected chi connectivity index (χ4v) is 6.61. The highest BCUT2D eigenvalue weighted by Crippen LogP contribution is 2.39. The monoisotopic (exact) mass is 702 g/mol. The van der Waals surface area contributed by atoms with Crippen LogP contribution in [0.2, 0.25) is 0 Å². The van der Waals surface area contributed by atoms with Gasteiger partial charge < -0.3 is 14.2 Å². The lowest BCUT2D eigenvalue weighted by Gasteiger charge is -2.18. The lowest BCUT2D eigenvalue weighted by atomic mass is 9.84. The van der Waals surface area contributed by atoms with Gasteiger partial charge in [-0.1, -0.05) is 109 Å². The number of hydrogen-bond donors (Lipinski definition) is 0. The van der Waals surface area contributed by atoms with Crippen LogP contribution in [0.5, 0.6) is 11.5 Å². The maximum absolute atomic E-state index is 13.0. The molecule has 7 nitrogen and oxygen atoms in total. The Hall–Kier alpha value is -6.44. The zero-order chi connectivity index (χ0) is 37.5. The maximum atomic E-state index is 13.0. The zero-order valence-electron chi connectivity index (χ0n) is 30.0. The average Bonchev–Trinajstić information content (AvgIpc) is 3.20. The molecule has 0 saturated carbocycles. The highest BCUT2D eigenvalue weighted by atomic mass is 16.5. The molecular formula is C46H38O7. The van der Waals surface area contributed by atoms with Crippen molar-refractivity contribution in [1.82, 2.24) is 0 Å². The SMILES string of the molecule is CCOCC.COc1ccc2ccccc2c1C1=CC(=O)c2ccccc2C1=O.COc1ccc2ccccc2c1C1=CC(=O)c2ccccc2C1=O. The van der Waals surface area contributed by atoms with Gasteiger partial charge in [0.15, 0.2) is 23.1 Å². The van der Waals surface area contributed by atoms with Crippen LogP contribution in [0.15, 0.2) is 133 Å². The van der Waals surface area contributed by atoms with Gasteiger partial charge in [0.25, 0.3) is 0 Å². The molecule has 264 valence electrons. The van der Waals surface area contributed by atoms with Crippen molar-refractivity contribution in [2.45, 2.75) is 13.8 Å². The topological polar surface area (TPSA) is 96.0 Å². The largest absolute Gasteiger partial charge is 0.496 e. The van der Waals surface area contributed by atoms with Crippen molar-refractivity contribution in [2.24, 2.45) is 0 Å². The second kappa shape index (κ2) is 16.3. The van der Waals surface area contributed by atoms with Crippen molar-refractivity contribution in [2.75, 3.05) is 27.4 Å². The molecule has 0 aliphatic heterocycles. The molecule has 0 fully saturated rings. The summed E-state index contributed by atoms with van der Waals surface area (Å²) in [7, 11) is 3.13. The summed E-state index contributed by atoms with van der Waals surface area (Å²) in [6, 6.07) is 36.9. The minimum Gasteiger partial charge on any atom is -0.496 e. The summed E-state index contributed by atoms with van der Waals surface area (Å²) in [6.07, 6.45) is 2.85. The van der Waals surface area contributed by atoms with Gasteiger partial charge in [-0.3, -0.25) is 19.2 Å². The minimum atomic E-state index is -0.157. The van der Waals surface area contributed by atoms with Gasteiger partial charge in [0, 0.05) is 57.7 Å². The normalized spacial score (nSPS) is 13.1. The first kappa shape index (κ1) is 36.4. The molecule has 0 amide bonds. The number of ketones is 4. The number of ether oxygens (including phenoxy) is 3. The predicted molar refractivity (Wildman–Crippen MR) is 209 cm³/mol. The first-order chi connectivity index (χ1) is 25.8. The van der Waals surface area contributed by atoms with Gasteiger partial charge in [-0.2, -0.15) is 0 Å². The third-order valence-corrected chi connectivity index (χ3v) is 9.08. The van der Waals surface area contributed by atoms with Crippen LogP contribution in [-0.2, 0) is 4.74 Å². The summed E-state index contributed by atoms with van der Waals surface area (Å²) in [5.41, 5.74) is 3.88. The maximum Gasteiger partial charge on any atom is 0.194 e. The van der Waals surface area contributed by atoms with Crippen LogP contribution in [0, 0.1) is 0 Å². The summed E-state index contributed by atoms with van der Waals surface area (Å²) in [5.74, 6) is 0.547. The van der Waals surface area contributed by atoms with Gasteiger partial charge >= 0.3 is 0 Å². The molecule has 53 heavy (non-hydrogen) atoms. The van der Waals surface area contributed by atoms with Gasteiger partial charge in [0.1, 0.15) is 11.5 Å². The summed E-state index contributed by atoms with van der Waals surface area (Å²) in [4.78, 5) is 51.0. The van der Waals surface area contributed by atoms with Gasteiger partial charge in [-0.15, -0.1) is 0 Å². The standard InChI is InChI=1S/2C21H14O3.C4H10O/c2*1-24-19-11-10-13-6-2-3-7-14(13)20(19)17-12-18(22)15-8-4-5-9-16(15)21(17)23;1-3-5-4-2/h2*2-12H,1H3;3-4H2,1-2H3. The van der Waals surface area contributed by atoms with Gasteiger partial charge in [0.05, 0.1) is 14.2 Å². The average molecular weight is 703 g/mol. The molecule has 0 atom stereocenters. The number of carbonyl (C=O) groups excluding carboxylic acids is 4. The van der Waals surface area contributed by atoms with Crippen LogP contribution >= 0.6 is 0 Å². The summed E-state index contributed by atoms with van der Waals surface area (Å²) in [5, 5.41) is 3.77. The van der Waals surface area contributed by atoms with E-state index in [0.717, 1.165) is 34.8 Å². The third kappa shape index (κ3) is 7.20. The fourth-order valence-electron chi connectivity index (χ4n) is 6.61. The molecule has 0 bridgehead atoms. The molecule has 0 N–H and O–H groups in total. The molecule has 6 aromatic carbocycles. The molecule has 2 aliphatic carbocycles. The molecular weight excluding hydrogens is 664 g/mol. The summed E-state index contributed by atoms with van der Waals surface area (Å²) < 4.78 is 15.8. The zero-order valence-corrected chi connectivity index (χ0v) is 30.0. The molecule has 0 unspecified atom stereocenters. The Balaban J connectivity index is 0.000000161. The van der Waals surface area contributed by atoms with Crippen molar-refractivity contribution < 1.29 is 33.4 Å². The number of carbonyl (C=O) groups is 4. The highest BCUT2D eigenvalue weighted by Gasteiger charge is 2.30. The van der Waals surface area contributed by atoms with Crippen LogP contribution in [0.25, 0.3) is 32.7 Å². The molecule has 0 saturated heterocycles. The number of methoxy groups -OCH3 is 2. The van der Waals surface area contributed by atoms with Crippen molar-refractivity contribution in [3.05, 3.63) is 167 Å². The number of fused-ring (bicyclic) bond motifs is 4. The lowest BCUT2D eigenvalue weighted by molar-refractivity contribution is 0.100. The van der Waals surface area contributed by atoms with Crippen LogP contribution in [0.1, 0.15) is 66.4 Å². The lowest BCUT2D eigenvalue weighted by Crippen LogP contribution is -2.16. The van der Waals surface area contributed by atoms with Crippen LogP contribution in [0.3, 0.4) is 0 Å². The Labute approximate surface area is 308 Å². The molecule has 0 aromatic heterocycles. The van der Waals surface area contributed by atoms with E-state index >= 15 is 0 Å². The minimum absolute atomic E-state index is 0.153. The Morgan fingerprint density at radius 2 is 0.792 bits per heavy atom. The van der Waals surface area contributed by atoms with E-state index in [1.54, 1.807) is 62.8 Å². The Bertz CT molecular complexity index is 2280. The molecule has 0 radical (unpaired) electrons. The number of rotatable bonds is 6. The van der Waals surface area contributed by atoms with E-state index < -0.39 is 0 Å². The van der Waals surface area contributed by atoms with E-state index in [1.807, 2.05) is 86.6 Å². The van der Waals surface area contributed by atoms with Crippen LogP contribution in [0.4, 0.5) is 0 Å². The molecule has 7 heteroatoms. The van der Waals surface area contributed by atoms with E-state index in [9.17, 15) is 19.2 Å². The van der Waals surface area contributed by atoms with Crippen molar-refractivity contribution in [1.29, 1.82) is 0 Å². The van der Waals surface area contributed by atoms with Crippen molar-refractivity contribution >= 4 is 55.8 Å². The van der Waals surface area contributed by atoms with E-state index in [4.69, 9.17) is 14.2 Å². The predicted octanol–water partition coefficient (Wildman–Crippen LogP) is 9.66. The summed E-state index contributed by atoms with van der Waals surface area (Å²) >= 11 is 0. The quantitative estimate of drug-likeness (QED) is 0.171. The van der Waals surface area contributed by atoms with Gasteiger partial charge in [-0.25, -0.2) is 0 Å². The van der Waals surface area contributed by atoms with Crippen molar-refractivity contribution in [3.8, 4) is 11.5 Å². The second-order valence-electron chi connectivity index (χ2n) is 12.1. The molecule has 6 aromatic rings. The second-order valence-corrected chi connectivity index (χ2v) is 12.1. The number of allylic oxidation sites excluding steroid dienone is 4.